The second kappa shape index (κ2) is 9.49. The Hall–Kier alpha value is -3.91. The largest absolute Gasteiger partial charge is 0.493 e. The highest BCUT2D eigenvalue weighted by molar-refractivity contribution is 8.18. The Labute approximate surface area is 187 Å². The zero-order valence-electron chi connectivity index (χ0n) is 16.9. The predicted octanol–water partition coefficient (Wildman–Crippen LogP) is 4.95. The van der Waals surface area contributed by atoms with Crippen LogP contribution in [0.15, 0.2) is 82.7 Å². The van der Waals surface area contributed by atoms with E-state index in [9.17, 15) is 14.0 Å². The molecule has 0 saturated carbocycles. The number of thioether (sulfide) groups is 1. The van der Waals surface area contributed by atoms with Crippen LogP contribution in [-0.2, 0) is 4.79 Å². The monoisotopic (exact) mass is 448 g/mol. The molecular weight excluding hydrogens is 431 g/mol. The molecule has 1 aliphatic rings. The maximum absolute atomic E-state index is 13.8. The summed E-state index contributed by atoms with van der Waals surface area (Å²) in [5, 5.41) is 3.21. The molecule has 32 heavy (non-hydrogen) atoms. The van der Waals surface area contributed by atoms with E-state index in [1.807, 2.05) is 30.3 Å². The molecule has 4 rings (SSSR count). The number of carbonyl (C=O) groups is 2. The summed E-state index contributed by atoms with van der Waals surface area (Å²) in [4.78, 5) is 29.5. The normalized spacial score (nSPS) is 15.6. The Balaban J connectivity index is 1.53. The Morgan fingerprint density at radius 1 is 1.03 bits per heavy atom. The fourth-order valence-electron chi connectivity index (χ4n) is 2.89. The van der Waals surface area contributed by atoms with Crippen LogP contribution >= 0.6 is 11.8 Å². The van der Waals surface area contributed by atoms with Gasteiger partial charge in [-0.3, -0.25) is 4.79 Å². The van der Waals surface area contributed by atoms with Crippen LogP contribution < -0.4 is 14.8 Å². The second-order valence-electron chi connectivity index (χ2n) is 6.60. The number of halogens is 1. The van der Waals surface area contributed by atoms with E-state index in [0.29, 0.717) is 15.6 Å². The number of esters is 1. The van der Waals surface area contributed by atoms with Crippen molar-refractivity contribution < 1.29 is 23.5 Å². The van der Waals surface area contributed by atoms with Crippen LogP contribution in [0.1, 0.15) is 15.9 Å². The summed E-state index contributed by atoms with van der Waals surface area (Å²) in [5.41, 5.74) is 1.22. The molecule has 0 aliphatic carbocycles. The number of amides is 1. The lowest BCUT2D eigenvalue weighted by Crippen LogP contribution is -2.19. The van der Waals surface area contributed by atoms with E-state index in [2.05, 4.69) is 10.3 Å². The van der Waals surface area contributed by atoms with Gasteiger partial charge in [-0.05, 0) is 59.8 Å². The van der Waals surface area contributed by atoms with Crippen molar-refractivity contribution in [1.29, 1.82) is 0 Å². The minimum Gasteiger partial charge on any atom is -0.493 e. The van der Waals surface area contributed by atoms with E-state index >= 15 is 0 Å². The molecule has 1 N–H and O–H groups in total. The van der Waals surface area contributed by atoms with Gasteiger partial charge in [0, 0.05) is 0 Å². The molecule has 1 aliphatic heterocycles. The highest BCUT2D eigenvalue weighted by Gasteiger charge is 2.24. The minimum absolute atomic E-state index is 0.137. The molecule has 0 atom stereocenters. The first-order valence-electron chi connectivity index (χ1n) is 9.53. The van der Waals surface area contributed by atoms with Crippen LogP contribution in [0.4, 0.5) is 10.1 Å². The van der Waals surface area contributed by atoms with Crippen LogP contribution in [0.3, 0.4) is 0 Å². The van der Waals surface area contributed by atoms with Crippen LogP contribution in [0.2, 0.25) is 0 Å². The molecule has 1 amide bonds. The molecule has 0 aromatic heterocycles. The topological polar surface area (TPSA) is 77.0 Å². The van der Waals surface area contributed by atoms with Gasteiger partial charge in [0.15, 0.2) is 16.7 Å². The Bertz CT molecular complexity index is 1240. The third kappa shape index (κ3) is 4.87. The molecule has 160 valence electrons. The molecule has 0 bridgehead atoms. The van der Waals surface area contributed by atoms with Gasteiger partial charge >= 0.3 is 5.97 Å². The van der Waals surface area contributed by atoms with Gasteiger partial charge in [0.1, 0.15) is 5.82 Å². The number of aliphatic imine (C=N–C) groups is 1. The van der Waals surface area contributed by atoms with Crippen LogP contribution in [0.25, 0.3) is 6.08 Å². The molecule has 6 nitrogen and oxygen atoms in total. The van der Waals surface area contributed by atoms with Gasteiger partial charge in [-0.25, -0.2) is 14.2 Å². The average molecular weight is 448 g/mol. The van der Waals surface area contributed by atoms with Crippen LogP contribution in [0.5, 0.6) is 11.5 Å². The molecule has 3 aromatic rings. The number of rotatable bonds is 5. The standard InChI is InChI=1S/C24H17FN2O4S/c1-30-20-13-15(11-12-19(20)31-23(29)17-9-5-6-10-18(17)25)14-21-22(28)27-24(32-21)26-16-7-3-2-4-8-16/h2-14H,1H3,(H,26,27,28)/b21-14+. The average Bonchev–Trinajstić information content (AvgIpc) is 3.14. The quantitative estimate of drug-likeness (QED) is 0.340. The van der Waals surface area contributed by atoms with Crippen molar-refractivity contribution in [3.05, 3.63) is 94.6 Å². The lowest BCUT2D eigenvalue weighted by molar-refractivity contribution is -0.115. The lowest BCUT2D eigenvalue weighted by atomic mass is 10.1. The summed E-state index contributed by atoms with van der Waals surface area (Å²) < 4.78 is 24.5. The molecule has 0 spiro atoms. The summed E-state index contributed by atoms with van der Waals surface area (Å²) in [6.45, 7) is 0. The third-order valence-corrected chi connectivity index (χ3v) is 5.33. The highest BCUT2D eigenvalue weighted by atomic mass is 32.2. The first-order valence-corrected chi connectivity index (χ1v) is 10.3. The first kappa shape index (κ1) is 21.3. The van der Waals surface area contributed by atoms with Gasteiger partial charge in [0.05, 0.1) is 23.3 Å². The van der Waals surface area contributed by atoms with Crippen molar-refractivity contribution >= 4 is 40.6 Å². The smallest absolute Gasteiger partial charge is 0.346 e. The number of nitrogens with zero attached hydrogens (tertiary/aromatic N) is 1. The molecule has 0 radical (unpaired) electrons. The van der Waals surface area contributed by atoms with Crippen molar-refractivity contribution in [2.45, 2.75) is 0 Å². The number of benzene rings is 3. The number of para-hydroxylation sites is 1. The summed E-state index contributed by atoms with van der Waals surface area (Å²) in [6, 6.07) is 19.7. The second-order valence-corrected chi connectivity index (χ2v) is 7.63. The minimum atomic E-state index is -0.833. The molecule has 1 heterocycles. The van der Waals surface area contributed by atoms with Gasteiger partial charge in [-0.15, -0.1) is 0 Å². The van der Waals surface area contributed by atoms with Crippen molar-refractivity contribution in [2.24, 2.45) is 4.99 Å². The Morgan fingerprint density at radius 2 is 1.78 bits per heavy atom. The first-order chi connectivity index (χ1) is 15.5. The van der Waals surface area contributed by atoms with Crippen molar-refractivity contribution in [1.82, 2.24) is 5.32 Å². The van der Waals surface area contributed by atoms with E-state index in [1.54, 1.807) is 24.3 Å². The van der Waals surface area contributed by atoms with E-state index in [1.165, 1.54) is 43.1 Å². The zero-order valence-corrected chi connectivity index (χ0v) is 17.7. The lowest BCUT2D eigenvalue weighted by Gasteiger charge is -2.10. The maximum atomic E-state index is 13.8. The van der Waals surface area contributed by atoms with Crippen molar-refractivity contribution in [3.63, 3.8) is 0 Å². The van der Waals surface area contributed by atoms with Gasteiger partial charge in [0.2, 0.25) is 0 Å². The zero-order chi connectivity index (χ0) is 22.5. The summed E-state index contributed by atoms with van der Waals surface area (Å²) in [5.74, 6) is -1.36. The van der Waals surface area contributed by atoms with E-state index in [0.717, 1.165) is 5.69 Å². The molecule has 1 saturated heterocycles. The van der Waals surface area contributed by atoms with Crippen molar-refractivity contribution in [3.8, 4) is 11.5 Å². The number of carbonyl (C=O) groups excluding carboxylic acids is 2. The maximum Gasteiger partial charge on any atom is 0.346 e. The number of amidine groups is 1. The molecular formula is C24H17FN2O4S. The number of nitrogens with one attached hydrogen (secondary N) is 1. The van der Waals surface area contributed by atoms with Gasteiger partial charge in [0.25, 0.3) is 5.91 Å². The molecule has 3 aromatic carbocycles. The predicted molar refractivity (Wildman–Crippen MR) is 122 cm³/mol. The van der Waals surface area contributed by atoms with E-state index in [-0.39, 0.29) is 23.0 Å². The fourth-order valence-corrected chi connectivity index (χ4v) is 3.73. The third-order valence-electron chi connectivity index (χ3n) is 4.42. The van der Waals surface area contributed by atoms with Crippen molar-refractivity contribution in [2.75, 3.05) is 7.11 Å². The highest BCUT2D eigenvalue weighted by Crippen LogP contribution is 2.32. The van der Waals surface area contributed by atoms with Gasteiger partial charge in [-0.1, -0.05) is 36.4 Å². The Kier molecular flexibility index (Phi) is 6.32. The molecule has 8 heteroatoms. The van der Waals surface area contributed by atoms with Crippen LogP contribution in [0, 0.1) is 5.82 Å². The van der Waals surface area contributed by atoms with Crippen LogP contribution in [-0.4, -0.2) is 24.2 Å². The number of ether oxygens (including phenoxy) is 2. The number of methoxy groups -OCH3 is 1. The van der Waals surface area contributed by atoms with E-state index in [4.69, 9.17) is 9.47 Å². The summed E-state index contributed by atoms with van der Waals surface area (Å²) in [6.07, 6.45) is 1.68. The Morgan fingerprint density at radius 3 is 2.53 bits per heavy atom. The van der Waals surface area contributed by atoms with Gasteiger partial charge in [-0.2, -0.15) is 0 Å². The summed E-state index contributed by atoms with van der Waals surface area (Å²) in [7, 11) is 1.42. The fraction of sp³-hybridized carbons (Fsp3) is 0.0417. The van der Waals surface area contributed by atoms with E-state index < -0.39 is 11.8 Å². The number of hydrogen-bond donors (Lipinski definition) is 1. The molecule has 0 unspecified atom stereocenters. The number of hydrogen-bond acceptors (Lipinski definition) is 6. The SMILES string of the molecule is COc1cc(/C=C2/SC(=Nc3ccccc3)NC2=O)ccc1OC(=O)c1ccccc1F. The molecule has 1 fully saturated rings. The van der Waals surface area contributed by atoms with Gasteiger partial charge < -0.3 is 14.8 Å². The summed E-state index contributed by atoms with van der Waals surface area (Å²) >= 11 is 1.22.